The zero-order valence-corrected chi connectivity index (χ0v) is 16.4. The molecule has 0 aliphatic heterocycles. The van der Waals surface area contributed by atoms with Crippen LogP contribution < -0.4 is 5.56 Å². The largest absolute Gasteiger partial charge is 0.330 e. The van der Waals surface area contributed by atoms with Crippen LogP contribution in [0.25, 0.3) is 10.9 Å². The third-order valence-electron chi connectivity index (χ3n) is 4.70. The zero-order valence-electron chi connectivity index (χ0n) is 15.6. The van der Waals surface area contributed by atoms with Crippen molar-refractivity contribution in [3.8, 4) is 0 Å². The quantitative estimate of drug-likeness (QED) is 0.426. The summed E-state index contributed by atoms with van der Waals surface area (Å²) in [4.78, 5) is 15.8. The Bertz CT molecular complexity index is 1300. The van der Waals surface area contributed by atoms with Gasteiger partial charge in [0.05, 0.1) is 29.4 Å². The van der Waals surface area contributed by atoms with Gasteiger partial charge in [-0.15, -0.1) is 0 Å². The van der Waals surface area contributed by atoms with Crippen LogP contribution in [0.4, 0.5) is 0 Å². The molecular formula is C21H19N5OS. The van der Waals surface area contributed by atoms with Crippen molar-refractivity contribution in [2.45, 2.75) is 20.4 Å². The molecule has 2 aromatic heterocycles. The van der Waals surface area contributed by atoms with E-state index in [1.807, 2.05) is 54.9 Å². The van der Waals surface area contributed by atoms with Crippen LogP contribution in [0.3, 0.4) is 0 Å². The zero-order chi connectivity index (χ0) is 19.7. The molecule has 0 unspecified atom stereocenters. The minimum Gasteiger partial charge on any atom is -0.330 e. The number of H-pyrrole nitrogens is 1. The molecular weight excluding hydrogens is 370 g/mol. The molecule has 1 N–H and O–H groups in total. The highest BCUT2D eigenvalue weighted by molar-refractivity contribution is 7.71. The Morgan fingerprint density at radius 1 is 1.11 bits per heavy atom. The predicted molar refractivity (Wildman–Crippen MR) is 114 cm³/mol. The molecule has 28 heavy (non-hydrogen) atoms. The van der Waals surface area contributed by atoms with E-state index < -0.39 is 0 Å². The Balaban J connectivity index is 1.72. The lowest BCUT2D eigenvalue weighted by Crippen LogP contribution is -2.18. The minimum atomic E-state index is -0.248. The Labute approximate surface area is 166 Å². The third kappa shape index (κ3) is 3.32. The lowest BCUT2D eigenvalue weighted by molar-refractivity contribution is 0.659. The molecule has 0 atom stereocenters. The van der Waals surface area contributed by atoms with Gasteiger partial charge < -0.3 is 4.98 Å². The molecule has 0 saturated carbocycles. The summed E-state index contributed by atoms with van der Waals surface area (Å²) in [6, 6.07) is 17.4. The van der Waals surface area contributed by atoms with Crippen molar-refractivity contribution in [2.24, 2.45) is 5.10 Å². The maximum atomic E-state index is 12.7. The SMILES string of the molecule is Cc1nn(Cc2ccccc2)c(C)c1/C=N\n1c(=S)[nH]c2ccccc2c1=O. The molecule has 0 amide bonds. The minimum absolute atomic E-state index is 0.248. The first kappa shape index (κ1) is 18.1. The van der Waals surface area contributed by atoms with Crippen LogP contribution in [0.5, 0.6) is 0 Å². The first-order chi connectivity index (χ1) is 13.5. The van der Waals surface area contributed by atoms with Crippen molar-refractivity contribution in [1.82, 2.24) is 19.4 Å². The number of benzene rings is 2. The second-order valence-electron chi connectivity index (χ2n) is 6.57. The summed E-state index contributed by atoms with van der Waals surface area (Å²) in [6.07, 6.45) is 1.65. The standard InChI is InChI=1S/C21H19N5OS/c1-14-18(15(2)25(24-14)13-16-8-4-3-5-9-16)12-22-26-20(27)17-10-6-7-11-19(17)23-21(26)28/h3-12H,13H2,1-2H3,(H,23,28)/b22-12-. The van der Waals surface area contributed by atoms with Crippen molar-refractivity contribution >= 4 is 29.3 Å². The molecule has 0 spiro atoms. The average molecular weight is 389 g/mol. The molecule has 2 aromatic carbocycles. The summed E-state index contributed by atoms with van der Waals surface area (Å²) in [5.41, 5.74) is 4.33. The summed E-state index contributed by atoms with van der Waals surface area (Å²) >= 11 is 5.31. The lowest BCUT2D eigenvalue weighted by atomic mass is 10.2. The second kappa shape index (κ2) is 7.36. The smallest absolute Gasteiger partial charge is 0.282 e. The van der Waals surface area contributed by atoms with Crippen LogP contribution >= 0.6 is 12.2 Å². The fourth-order valence-corrected chi connectivity index (χ4v) is 3.42. The van der Waals surface area contributed by atoms with Gasteiger partial charge in [-0.25, -0.2) is 0 Å². The van der Waals surface area contributed by atoms with Crippen LogP contribution in [0.1, 0.15) is 22.5 Å². The van der Waals surface area contributed by atoms with Gasteiger partial charge in [-0.05, 0) is 43.8 Å². The number of nitrogens with one attached hydrogen (secondary N) is 1. The van der Waals surface area contributed by atoms with Crippen molar-refractivity contribution in [3.63, 3.8) is 0 Å². The summed E-state index contributed by atoms with van der Waals surface area (Å²) in [5.74, 6) is 0. The van der Waals surface area contributed by atoms with E-state index in [2.05, 4.69) is 27.3 Å². The normalized spacial score (nSPS) is 11.5. The molecule has 140 valence electrons. The molecule has 0 aliphatic rings. The Hall–Kier alpha value is -3.32. The van der Waals surface area contributed by atoms with Crippen LogP contribution in [0.2, 0.25) is 0 Å². The molecule has 4 aromatic rings. The van der Waals surface area contributed by atoms with Gasteiger partial charge in [-0.1, -0.05) is 42.5 Å². The molecule has 0 bridgehead atoms. The average Bonchev–Trinajstić information content (AvgIpc) is 2.96. The van der Waals surface area contributed by atoms with E-state index in [1.165, 1.54) is 10.2 Å². The van der Waals surface area contributed by atoms with Gasteiger partial charge >= 0.3 is 0 Å². The van der Waals surface area contributed by atoms with E-state index >= 15 is 0 Å². The van der Waals surface area contributed by atoms with Gasteiger partial charge in [0.1, 0.15) is 0 Å². The van der Waals surface area contributed by atoms with Crippen LogP contribution in [0.15, 0.2) is 64.5 Å². The van der Waals surface area contributed by atoms with E-state index in [1.54, 1.807) is 12.3 Å². The van der Waals surface area contributed by atoms with Crippen LogP contribution in [-0.4, -0.2) is 25.7 Å². The van der Waals surface area contributed by atoms with Gasteiger partial charge in [-0.2, -0.15) is 14.9 Å². The fraction of sp³-hybridized carbons (Fsp3) is 0.143. The van der Waals surface area contributed by atoms with Gasteiger partial charge in [0, 0.05) is 11.3 Å². The van der Waals surface area contributed by atoms with Crippen molar-refractivity contribution in [2.75, 3.05) is 0 Å². The van der Waals surface area contributed by atoms with Crippen molar-refractivity contribution < 1.29 is 0 Å². The monoisotopic (exact) mass is 389 g/mol. The number of hydrogen-bond donors (Lipinski definition) is 1. The van der Waals surface area contributed by atoms with E-state index in [-0.39, 0.29) is 10.3 Å². The lowest BCUT2D eigenvalue weighted by Gasteiger charge is -2.05. The highest BCUT2D eigenvalue weighted by atomic mass is 32.1. The maximum absolute atomic E-state index is 12.7. The van der Waals surface area contributed by atoms with Crippen LogP contribution in [-0.2, 0) is 6.54 Å². The predicted octanol–water partition coefficient (Wildman–Crippen LogP) is 3.80. The summed E-state index contributed by atoms with van der Waals surface area (Å²) in [5, 5.41) is 9.52. The highest BCUT2D eigenvalue weighted by Crippen LogP contribution is 2.13. The summed E-state index contributed by atoms with van der Waals surface area (Å²) in [7, 11) is 0. The van der Waals surface area contributed by atoms with E-state index in [9.17, 15) is 4.79 Å². The van der Waals surface area contributed by atoms with Crippen LogP contribution in [0, 0.1) is 18.6 Å². The number of aromatic amines is 1. The Morgan fingerprint density at radius 3 is 2.61 bits per heavy atom. The Kier molecular flexibility index (Phi) is 4.75. The number of para-hydroxylation sites is 1. The molecule has 0 saturated heterocycles. The van der Waals surface area contributed by atoms with E-state index in [0.29, 0.717) is 17.4 Å². The second-order valence-corrected chi connectivity index (χ2v) is 6.95. The number of rotatable bonds is 4. The van der Waals surface area contributed by atoms with Crippen molar-refractivity contribution in [3.05, 3.63) is 92.2 Å². The highest BCUT2D eigenvalue weighted by Gasteiger charge is 2.11. The van der Waals surface area contributed by atoms with Gasteiger partial charge in [0.2, 0.25) is 4.77 Å². The molecule has 6 nitrogen and oxygen atoms in total. The number of nitrogens with zero attached hydrogens (tertiary/aromatic N) is 4. The fourth-order valence-electron chi connectivity index (χ4n) is 3.18. The van der Waals surface area contributed by atoms with Crippen molar-refractivity contribution in [1.29, 1.82) is 0 Å². The molecule has 0 fully saturated rings. The number of aromatic nitrogens is 4. The molecule has 2 heterocycles. The van der Waals surface area contributed by atoms with E-state index in [0.717, 1.165) is 17.0 Å². The molecule has 4 rings (SSSR count). The van der Waals surface area contributed by atoms with Gasteiger partial charge in [0.15, 0.2) is 0 Å². The maximum Gasteiger partial charge on any atom is 0.282 e. The molecule has 7 heteroatoms. The summed E-state index contributed by atoms with van der Waals surface area (Å²) in [6.45, 7) is 4.60. The number of fused-ring (bicyclic) bond motifs is 1. The topological polar surface area (TPSA) is 68.0 Å². The van der Waals surface area contributed by atoms with Gasteiger partial charge in [0.25, 0.3) is 5.56 Å². The molecule has 0 radical (unpaired) electrons. The summed E-state index contributed by atoms with van der Waals surface area (Å²) < 4.78 is 3.41. The van der Waals surface area contributed by atoms with E-state index in [4.69, 9.17) is 12.2 Å². The molecule has 0 aliphatic carbocycles. The number of hydrogen-bond acceptors (Lipinski definition) is 4. The Morgan fingerprint density at radius 2 is 1.82 bits per heavy atom. The number of aryl methyl sites for hydroxylation is 1. The first-order valence-electron chi connectivity index (χ1n) is 8.91. The third-order valence-corrected chi connectivity index (χ3v) is 4.97. The van der Waals surface area contributed by atoms with Gasteiger partial charge in [-0.3, -0.25) is 9.48 Å². The first-order valence-corrected chi connectivity index (χ1v) is 9.32.